The smallest absolute Gasteiger partial charge is 0.251 e. The van der Waals surface area contributed by atoms with Crippen LogP contribution >= 0.6 is 0 Å². The molecule has 0 unspecified atom stereocenters. The van der Waals surface area contributed by atoms with Crippen molar-refractivity contribution in [3.63, 3.8) is 0 Å². The van der Waals surface area contributed by atoms with Crippen molar-refractivity contribution in [1.29, 1.82) is 0 Å². The van der Waals surface area contributed by atoms with Crippen molar-refractivity contribution >= 4 is 40.0 Å². The lowest BCUT2D eigenvalue weighted by Crippen LogP contribution is -2.57. The summed E-state index contributed by atoms with van der Waals surface area (Å²) in [5.74, 6) is 0.733. The molecule has 1 aliphatic carbocycles. The van der Waals surface area contributed by atoms with Crippen LogP contribution in [0.1, 0.15) is 74.4 Å². The number of likely N-dealkylation sites (tertiary alicyclic amines) is 1. The van der Waals surface area contributed by atoms with Crippen molar-refractivity contribution in [1.82, 2.24) is 24.8 Å². The molecule has 234 valence electrons. The van der Waals surface area contributed by atoms with Gasteiger partial charge in [-0.15, -0.1) is 0 Å². The van der Waals surface area contributed by atoms with Crippen molar-refractivity contribution < 1.29 is 9.59 Å². The predicted octanol–water partition coefficient (Wildman–Crippen LogP) is 6.17. The number of rotatable bonds is 7. The number of amides is 2. The molecule has 2 fully saturated rings. The van der Waals surface area contributed by atoms with E-state index in [2.05, 4.69) is 50.1 Å². The maximum atomic E-state index is 13.9. The lowest BCUT2D eigenvalue weighted by molar-refractivity contribution is -0.123. The number of pyridine rings is 1. The van der Waals surface area contributed by atoms with Crippen LogP contribution in [-0.4, -0.2) is 63.5 Å². The summed E-state index contributed by atoms with van der Waals surface area (Å²) >= 11 is 0. The van der Waals surface area contributed by atoms with Gasteiger partial charge in [-0.05, 0) is 102 Å². The van der Waals surface area contributed by atoms with Crippen molar-refractivity contribution in [2.75, 3.05) is 30.4 Å². The van der Waals surface area contributed by atoms with E-state index in [1.807, 2.05) is 51.4 Å². The van der Waals surface area contributed by atoms with Crippen LogP contribution < -0.4 is 15.5 Å². The molecule has 4 heterocycles. The second kappa shape index (κ2) is 11.3. The number of aryl methyl sites for hydroxylation is 2. The molecule has 0 atom stereocenters. The molecule has 45 heavy (non-hydrogen) atoms. The number of hydrogen-bond acceptors (Lipinski definition) is 6. The highest BCUT2D eigenvalue weighted by molar-refractivity contribution is 6.09. The van der Waals surface area contributed by atoms with Crippen molar-refractivity contribution in [3.8, 4) is 11.3 Å². The minimum Gasteiger partial charge on any atom is -0.355 e. The van der Waals surface area contributed by atoms with E-state index in [9.17, 15) is 9.59 Å². The Morgan fingerprint density at radius 2 is 1.80 bits per heavy atom. The monoisotopic (exact) mass is 605 g/mol. The number of nitrogens with zero attached hydrogens (tertiary/aromatic N) is 5. The van der Waals surface area contributed by atoms with Gasteiger partial charge in [0.2, 0.25) is 5.91 Å². The number of anilines is 3. The zero-order valence-electron chi connectivity index (χ0n) is 27.0. The predicted molar refractivity (Wildman–Crippen MR) is 179 cm³/mol. The van der Waals surface area contributed by atoms with Crippen LogP contribution in [0, 0.1) is 6.92 Å². The third-order valence-electron chi connectivity index (χ3n) is 10.2. The molecule has 2 aromatic carbocycles. The molecular weight excluding hydrogens is 562 g/mol. The topological polar surface area (TPSA) is 95.4 Å². The highest BCUT2D eigenvalue weighted by atomic mass is 16.2. The van der Waals surface area contributed by atoms with Crippen LogP contribution in [0.2, 0.25) is 0 Å². The number of aromatic nitrogens is 3. The molecule has 4 aromatic rings. The van der Waals surface area contributed by atoms with Gasteiger partial charge >= 0.3 is 0 Å². The number of imidazole rings is 1. The maximum absolute atomic E-state index is 13.9. The van der Waals surface area contributed by atoms with Gasteiger partial charge in [-0.2, -0.15) is 0 Å². The summed E-state index contributed by atoms with van der Waals surface area (Å²) in [5, 5.41) is 6.23. The van der Waals surface area contributed by atoms with Gasteiger partial charge in [-0.3, -0.25) is 9.59 Å². The number of carbonyl (C=O) groups excluding carboxylic acids is 2. The Morgan fingerprint density at radius 3 is 2.53 bits per heavy atom. The minimum atomic E-state index is -0.567. The lowest BCUT2D eigenvalue weighted by Gasteiger charge is -2.48. The fraction of sp³-hybridized carbons (Fsp3) is 0.444. The van der Waals surface area contributed by atoms with Crippen LogP contribution in [0.5, 0.6) is 0 Å². The molecule has 9 heteroatoms. The Kier molecular flexibility index (Phi) is 7.39. The van der Waals surface area contributed by atoms with E-state index >= 15 is 0 Å². The zero-order chi connectivity index (χ0) is 31.5. The van der Waals surface area contributed by atoms with E-state index in [4.69, 9.17) is 9.97 Å². The van der Waals surface area contributed by atoms with E-state index in [1.54, 1.807) is 7.05 Å². The van der Waals surface area contributed by atoms with E-state index in [1.165, 1.54) is 32.4 Å². The number of benzene rings is 2. The second-order valence-corrected chi connectivity index (χ2v) is 13.4. The van der Waals surface area contributed by atoms with Crippen molar-refractivity contribution in [2.45, 2.75) is 83.8 Å². The molecule has 0 bridgehead atoms. The Labute approximate surface area is 265 Å². The van der Waals surface area contributed by atoms with Crippen LogP contribution in [0.25, 0.3) is 22.3 Å². The average Bonchev–Trinajstić information content (AvgIpc) is 3.53. The number of nitrogens with one attached hydrogen (secondary N) is 2. The molecule has 0 radical (unpaired) electrons. The normalized spacial score (nSPS) is 21.1. The van der Waals surface area contributed by atoms with Gasteiger partial charge in [0.05, 0.1) is 23.0 Å². The van der Waals surface area contributed by atoms with Crippen molar-refractivity contribution in [3.05, 3.63) is 65.5 Å². The molecule has 7 rings (SSSR count). The van der Waals surface area contributed by atoms with Gasteiger partial charge < -0.3 is 25.0 Å². The SMILES string of the molecule is CCn1cnc2cc(-c3ccc4c(c3)N(C3CC(N5CCCCC5)C3)C(=O)C4(C)C)nc(Nc3ccc(C)c(C(=O)NC)c3)c21. The van der Waals surface area contributed by atoms with Gasteiger partial charge in [-0.25, -0.2) is 9.97 Å². The first-order valence-corrected chi connectivity index (χ1v) is 16.4. The van der Waals surface area contributed by atoms with E-state index in [0.29, 0.717) is 17.4 Å². The fourth-order valence-electron chi connectivity index (χ4n) is 7.45. The number of piperidine rings is 1. The molecule has 2 N–H and O–H groups in total. The lowest BCUT2D eigenvalue weighted by atomic mass is 9.82. The first-order chi connectivity index (χ1) is 21.7. The fourth-order valence-corrected chi connectivity index (χ4v) is 7.45. The first kappa shape index (κ1) is 29.5. The summed E-state index contributed by atoms with van der Waals surface area (Å²) in [6, 6.07) is 14.9. The van der Waals surface area contributed by atoms with E-state index in [0.717, 1.165) is 64.2 Å². The van der Waals surface area contributed by atoms with Crippen LogP contribution in [0.4, 0.5) is 17.2 Å². The quantitative estimate of drug-likeness (QED) is 0.262. The van der Waals surface area contributed by atoms with Gasteiger partial charge in [0, 0.05) is 48.2 Å². The molecule has 3 aliphatic rings. The van der Waals surface area contributed by atoms with E-state index in [-0.39, 0.29) is 17.9 Å². The van der Waals surface area contributed by atoms with Crippen molar-refractivity contribution in [2.24, 2.45) is 0 Å². The Balaban J connectivity index is 1.25. The highest BCUT2D eigenvalue weighted by Gasteiger charge is 2.50. The third-order valence-corrected chi connectivity index (χ3v) is 10.2. The van der Waals surface area contributed by atoms with Gasteiger partial charge in [0.25, 0.3) is 5.91 Å². The van der Waals surface area contributed by atoms with Crippen LogP contribution in [0.3, 0.4) is 0 Å². The Morgan fingerprint density at radius 1 is 1.02 bits per heavy atom. The summed E-state index contributed by atoms with van der Waals surface area (Å²) in [5.41, 5.74) is 7.27. The highest BCUT2D eigenvalue weighted by Crippen LogP contribution is 2.48. The summed E-state index contributed by atoms with van der Waals surface area (Å²) in [6.07, 6.45) is 7.81. The Bertz CT molecular complexity index is 1800. The van der Waals surface area contributed by atoms with Crippen LogP contribution in [0.15, 0.2) is 48.8 Å². The maximum Gasteiger partial charge on any atom is 0.251 e. The third kappa shape index (κ3) is 4.97. The van der Waals surface area contributed by atoms with Crippen LogP contribution in [-0.2, 0) is 16.8 Å². The summed E-state index contributed by atoms with van der Waals surface area (Å²) < 4.78 is 2.07. The molecule has 1 saturated heterocycles. The first-order valence-electron chi connectivity index (χ1n) is 16.4. The Hall–Kier alpha value is -4.24. The molecular formula is C36H43N7O2. The average molecular weight is 606 g/mol. The number of fused-ring (bicyclic) bond motifs is 2. The van der Waals surface area contributed by atoms with Gasteiger partial charge in [0.15, 0.2) is 5.82 Å². The minimum absolute atomic E-state index is 0.129. The summed E-state index contributed by atoms with van der Waals surface area (Å²) in [6.45, 7) is 11.2. The largest absolute Gasteiger partial charge is 0.355 e. The molecule has 9 nitrogen and oxygen atoms in total. The second-order valence-electron chi connectivity index (χ2n) is 13.4. The zero-order valence-corrected chi connectivity index (χ0v) is 27.0. The van der Waals surface area contributed by atoms with Gasteiger partial charge in [-0.1, -0.05) is 24.6 Å². The van der Waals surface area contributed by atoms with E-state index < -0.39 is 5.41 Å². The summed E-state index contributed by atoms with van der Waals surface area (Å²) in [7, 11) is 1.64. The molecule has 1 saturated carbocycles. The molecule has 2 aromatic heterocycles. The standard InChI is InChI=1S/C36H43N7O2/c1-6-41-21-38-30-20-29(40-33(32(30)41)39-24-12-10-22(2)27(17-24)34(44)37-5)23-11-13-28-31(16-23)43(35(45)36(28,3)4)26-18-25(19-26)42-14-8-7-9-15-42/h10-13,16-17,20-21,25-26H,6-9,14-15,18-19H2,1-5H3,(H,37,44)(H,39,40). The molecule has 2 amide bonds. The summed E-state index contributed by atoms with van der Waals surface area (Å²) in [4.78, 5) is 41.0. The molecule has 0 spiro atoms. The molecule has 2 aliphatic heterocycles. The number of carbonyl (C=O) groups is 2. The van der Waals surface area contributed by atoms with Gasteiger partial charge in [0.1, 0.15) is 5.52 Å². The number of hydrogen-bond donors (Lipinski definition) is 2.